The van der Waals surface area contributed by atoms with E-state index in [1.807, 2.05) is 0 Å². The van der Waals surface area contributed by atoms with E-state index < -0.39 is 0 Å². The molecule has 0 fully saturated rings. The summed E-state index contributed by atoms with van der Waals surface area (Å²) in [5.41, 5.74) is 1.54. The number of hydrogen-bond donors (Lipinski definition) is 1. The number of ether oxygens (including phenoxy) is 1. The van der Waals surface area contributed by atoms with E-state index in [-0.39, 0.29) is 11.5 Å². The fourth-order valence-electron chi connectivity index (χ4n) is 1.64. The molecule has 0 aliphatic heterocycles. The van der Waals surface area contributed by atoms with E-state index >= 15 is 0 Å². The van der Waals surface area contributed by atoms with Crippen molar-refractivity contribution in [1.29, 1.82) is 0 Å². The number of fused-ring (bicyclic) bond motifs is 1. The highest BCUT2D eigenvalue weighted by atomic mass is 16.5. The normalized spacial score (nSPS) is 17.2. The lowest BCUT2D eigenvalue weighted by Gasteiger charge is -2.03. The Morgan fingerprint density at radius 2 is 2.29 bits per heavy atom. The molecular formula is C10H9NO3. The van der Waals surface area contributed by atoms with Crippen LogP contribution in [0.5, 0.6) is 5.75 Å². The Morgan fingerprint density at radius 3 is 2.93 bits per heavy atom. The van der Waals surface area contributed by atoms with Gasteiger partial charge >= 0.3 is 0 Å². The van der Waals surface area contributed by atoms with Gasteiger partial charge in [0.1, 0.15) is 11.5 Å². The summed E-state index contributed by atoms with van der Waals surface area (Å²) in [6.07, 6.45) is 0.342. The lowest BCUT2D eigenvalue weighted by atomic mass is 10.1. The van der Waals surface area contributed by atoms with Gasteiger partial charge in [-0.15, -0.1) is 0 Å². The summed E-state index contributed by atoms with van der Waals surface area (Å²) in [6.45, 7) is 0. The fraction of sp³-hybridized carbons (Fsp3) is 0.200. The van der Waals surface area contributed by atoms with Crippen molar-refractivity contribution in [2.24, 2.45) is 5.16 Å². The van der Waals surface area contributed by atoms with E-state index in [9.17, 15) is 4.79 Å². The van der Waals surface area contributed by atoms with Crippen LogP contribution in [0, 0.1) is 0 Å². The molecule has 0 atom stereocenters. The predicted octanol–water partition coefficient (Wildman–Crippen LogP) is 1.26. The van der Waals surface area contributed by atoms with Crippen LogP contribution in [0.3, 0.4) is 0 Å². The Bertz CT molecular complexity index is 423. The highest BCUT2D eigenvalue weighted by Crippen LogP contribution is 2.28. The maximum absolute atomic E-state index is 11.5. The molecule has 0 radical (unpaired) electrons. The Balaban J connectivity index is 2.58. The average Bonchev–Trinajstić information content (AvgIpc) is 2.55. The lowest BCUT2D eigenvalue weighted by Crippen LogP contribution is -2.06. The largest absolute Gasteiger partial charge is 0.496 e. The number of Topliss-reactive ketones (excluding diaryl/α,β-unsaturated/α-hetero) is 1. The molecule has 0 saturated heterocycles. The molecule has 1 aliphatic carbocycles. The minimum atomic E-state index is -0.221. The molecule has 0 unspecified atom stereocenters. The first-order valence-electron chi connectivity index (χ1n) is 4.19. The fourth-order valence-corrected chi connectivity index (χ4v) is 1.64. The Kier molecular flexibility index (Phi) is 1.96. The van der Waals surface area contributed by atoms with Crippen LogP contribution in [0.4, 0.5) is 0 Å². The Hall–Kier alpha value is -1.84. The summed E-state index contributed by atoms with van der Waals surface area (Å²) in [6, 6.07) is 5.24. The van der Waals surface area contributed by atoms with Crippen LogP contribution >= 0.6 is 0 Å². The topological polar surface area (TPSA) is 58.9 Å². The smallest absolute Gasteiger partial charge is 0.211 e. The zero-order chi connectivity index (χ0) is 10.1. The SMILES string of the molecule is COc1cccc2c1C/C(=N/O)C2=O. The van der Waals surface area contributed by atoms with E-state index in [2.05, 4.69) is 5.16 Å². The third kappa shape index (κ3) is 1.08. The molecule has 0 bridgehead atoms. The number of ketones is 1. The van der Waals surface area contributed by atoms with Gasteiger partial charge in [0, 0.05) is 17.5 Å². The van der Waals surface area contributed by atoms with Crippen molar-refractivity contribution < 1.29 is 14.7 Å². The summed E-state index contributed by atoms with van der Waals surface area (Å²) in [4.78, 5) is 11.5. The molecule has 0 aromatic heterocycles. The van der Waals surface area contributed by atoms with Crippen molar-refractivity contribution in [3.8, 4) is 5.75 Å². The van der Waals surface area contributed by atoms with Crippen LogP contribution in [0.15, 0.2) is 23.4 Å². The van der Waals surface area contributed by atoms with E-state index in [0.29, 0.717) is 17.7 Å². The van der Waals surface area contributed by atoms with Gasteiger partial charge in [-0.2, -0.15) is 0 Å². The monoisotopic (exact) mass is 191 g/mol. The van der Waals surface area contributed by atoms with Gasteiger partial charge in [-0.1, -0.05) is 17.3 Å². The van der Waals surface area contributed by atoms with Gasteiger partial charge in [0.25, 0.3) is 0 Å². The summed E-state index contributed by atoms with van der Waals surface area (Å²) in [7, 11) is 1.55. The summed E-state index contributed by atoms with van der Waals surface area (Å²) in [5, 5.41) is 11.6. The molecular weight excluding hydrogens is 182 g/mol. The second kappa shape index (κ2) is 3.14. The molecule has 1 aliphatic rings. The van der Waals surface area contributed by atoms with Gasteiger partial charge in [0.15, 0.2) is 0 Å². The number of hydrogen-bond acceptors (Lipinski definition) is 4. The third-order valence-corrected chi connectivity index (χ3v) is 2.32. The molecule has 0 heterocycles. The van der Waals surface area contributed by atoms with E-state index in [1.54, 1.807) is 25.3 Å². The maximum Gasteiger partial charge on any atom is 0.211 e. The maximum atomic E-state index is 11.5. The van der Waals surface area contributed by atoms with Gasteiger partial charge < -0.3 is 9.94 Å². The first-order chi connectivity index (χ1) is 6.77. The number of carbonyl (C=O) groups excluding carboxylic acids is 1. The number of carbonyl (C=O) groups is 1. The zero-order valence-corrected chi connectivity index (χ0v) is 7.65. The van der Waals surface area contributed by atoms with Crippen LogP contribution in [0.2, 0.25) is 0 Å². The van der Waals surface area contributed by atoms with Crippen molar-refractivity contribution >= 4 is 11.5 Å². The van der Waals surface area contributed by atoms with Crippen LogP contribution in [-0.2, 0) is 6.42 Å². The minimum absolute atomic E-state index is 0.171. The summed E-state index contributed by atoms with van der Waals surface area (Å²) in [5.74, 6) is 0.441. The summed E-state index contributed by atoms with van der Waals surface area (Å²) >= 11 is 0. The lowest BCUT2D eigenvalue weighted by molar-refractivity contribution is 0.106. The van der Waals surface area contributed by atoms with Crippen molar-refractivity contribution in [3.05, 3.63) is 29.3 Å². The van der Waals surface area contributed by atoms with Crippen LogP contribution < -0.4 is 4.74 Å². The third-order valence-electron chi connectivity index (χ3n) is 2.32. The molecule has 72 valence electrons. The number of methoxy groups -OCH3 is 1. The molecule has 1 aromatic rings. The van der Waals surface area contributed by atoms with Gasteiger partial charge in [-0.05, 0) is 6.07 Å². The van der Waals surface area contributed by atoms with E-state index in [4.69, 9.17) is 9.94 Å². The van der Waals surface area contributed by atoms with Gasteiger partial charge in [0.2, 0.25) is 5.78 Å². The van der Waals surface area contributed by atoms with Crippen molar-refractivity contribution in [2.45, 2.75) is 6.42 Å². The van der Waals surface area contributed by atoms with Crippen molar-refractivity contribution in [1.82, 2.24) is 0 Å². The highest BCUT2D eigenvalue weighted by Gasteiger charge is 2.29. The van der Waals surface area contributed by atoms with Crippen molar-refractivity contribution in [3.63, 3.8) is 0 Å². The molecule has 1 N–H and O–H groups in total. The highest BCUT2D eigenvalue weighted by molar-refractivity contribution is 6.49. The molecule has 4 nitrogen and oxygen atoms in total. The average molecular weight is 191 g/mol. The van der Waals surface area contributed by atoms with Gasteiger partial charge in [-0.25, -0.2) is 0 Å². The van der Waals surface area contributed by atoms with Crippen LogP contribution in [0.25, 0.3) is 0 Å². The minimum Gasteiger partial charge on any atom is -0.496 e. The van der Waals surface area contributed by atoms with Gasteiger partial charge in [-0.3, -0.25) is 4.79 Å². The molecule has 14 heavy (non-hydrogen) atoms. The zero-order valence-electron chi connectivity index (χ0n) is 7.65. The first kappa shape index (κ1) is 8.74. The quantitative estimate of drug-likeness (QED) is 0.537. The second-order valence-corrected chi connectivity index (χ2v) is 3.04. The molecule has 4 heteroatoms. The number of rotatable bonds is 1. The first-order valence-corrected chi connectivity index (χ1v) is 4.19. The molecule has 2 rings (SSSR count). The predicted molar refractivity (Wildman–Crippen MR) is 50.3 cm³/mol. The number of benzene rings is 1. The van der Waals surface area contributed by atoms with Crippen molar-refractivity contribution in [2.75, 3.05) is 7.11 Å². The Labute approximate surface area is 80.8 Å². The molecule has 0 amide bonds. The van der Waals surface area contributed by atoms with Gasteiger partial charge in [0.05, 0.1) is 7.11 Å². The van der Waals surface area contributed by atoms with Crippen LogP contribution in [0.1, 0.15) is 15.9 Å². The second-order valence-electron chi connectivity index (χ2n) is 3.04. The molecule has 0 spiro atoms. The molecule has 0 saturated carbocycles. The Morgan fingerprint density at radius 1 is 1.50 bits per heavy atom. The number of oxime groups is 1. The van der Waals surface area contributed by atoms with E-state index in [1.165, 1.54) is 0 Å². The van der Waals surface area contributed by atoms with E-state index in [0.717, 1.165) is 5.56 Å². The van der Waals surface area contributed by atoms with Crippen LogP contribution in [-0.4, -0.2) is 23.8 Å². The number of nitrogens with zero attached hydrogens (tertiary/aromatic N) is 1. The summed E-state index contributed by atoms with van der Waals surface area (Å²) < 4.78 is 5.11. The standard InChI is InChI=1S/C10H9NO3/c1-14-9-4-2-3-6-7(9)5-8(11-13)10(6)12/h2-4,13H,5H2,1H3/b11-8-. The molecule has 1 aromatic carbocycles.